The Morgan fingerprint density at radius 1 is 0.944 bits per heavy atom. The summed E-state index contributed by atoms with van der Waals surface area (Å²) < 4.78 is 7.55. The van der Waals surface area contributed by atoms with Crippen LogP contribution >= 0.6 is 0 Å². The van der Waals surface area contributed by atoms with Crippen LogP contribution in [-0.2, 0) is 30.7 Å². The maximum absolute atomic E-state index is 13.6. The first-order valence-corrected chi connectivity index (χ1v) is 12.4. The summed E-state index contributed by atoms with van der Waals surface area (Å²) in [4.78, 5) is 28.4. The molecule has 36 heavy (non-hydrogen) atoms. The molecule has 0 aliphatic carbocycles. The van der Waals surface area contributed by atoms with E-state index < -0.39 is 6.04 Å². The molecular formula is C28H27N5O3. The van der Waals surface area contributed by atoms with Crippen molar-refractivity contribution in [3.8, 4) is 11.4 Å². The van der Waals surface area contributed by atoms with E-state index >= 15 is 0 Å². The van der Waals surface area contributed by atoms with Crippen LogP contribution in [0.2, 0.25) is 0 Å². The molecule has 2 aliphatic rings. The molecule has 1 unspecified atom stereocenters. The number of hydrogen-bond acceptors (Lipinski definition) is 5. The lowest BCUT2D eigenvalue weighted by Gasteiger charge is -2.35. The average molecular weight is 482 g/mol. The summed E-state index contributed by atoms with van der Waals surface area (Å²) in [5.74, 6) is 1.53. The smallest absolute Gasteiger partial charge is 0.290 e. The summed E-state index contributed by atoms with van der Waals surface area (Å²) in [7, 11) is 0. The Morgan fingerprint density at radius 3 is 2.69 bits per heavy atom. The zero-order chi connectivity index (χ0) is 24.5. The van der Waals surface area contributed by atoms with E-state index in [-0.39, 0.29) is 17.6 Å². The summed E-state index contributed by atoms with van der Waals surface area (Å²) in [5, 5.41) is 11.9. The van der Waals surface area contributed by atoms with E-state index in [0.29, 0.717) is 18.7 Å². The first-order chi connectivity index (χ1) is 17.7. The highest BCUT2D eigenvalue weighted by Gasteiger charge is 2.36. The van der Waals surface area contributed by atoms with Crippen LogP contribution in [0.25, 0.3) is 11.4 Å². The molecule has 0 fully saturated rings. The fraction of sp³-hybridized carbons (Fsp3) is 0.286. The highest BCUT2D eigenvalue weighted by atomic mass is 16.3. The summed E-state index contributed by atoms with van der Waals surface area (Å²) in [6, 6.07) is 18.2. The summed E-state index contributed by atoms with van der Waals surface area (Å²) >= 11 is 0. The highest BCUT2D eigenvalue weighted by Crippen LogP contribution is 2.28. The molecule has 2 amide bonds. The van der Waals surface area contributed by atoms with Gasteiger partial charge in [-0.3, -0.25) is 9.59 Å². The van der Waals surface area contributed by atoms with Gasteiger partial charge in [-0.2, -0.15) is 0 Å². The van der Waals surface area contributed by atoms with Crippen LogP contribution in [0.1, 0.15) is 46.8 Å². The minimum absolute atomic E-state index is 0.224. The molecule has 6 rings (SSSR count). The Kier molecular flexibility index (Phi) is 5.85. The van der Waals surface area contributed by atoms with Crippen molar-refractivity contribution in [2.75, 3.05) is 5.32 Å². The number of hydrogen-bond donors (Lipinski definition) is 1. The van der Waals surface area contributed by atoms with Crippen LogP contribution in [0.5, 0.6) is 0 Å². The van der Waals surface area contributed by atoms with Gasteiger partial charge in [-0.15, -0.1) is 10.2 Å². The Morgan fingerprint density at radius 2 is 1.83 bits per heavy atom. The van der Waals surface area contributed by atoms with Gasteiger partial charge in [0.05, 0.1) is 6.26 Å². The molecule has 0 spiro atoms. The molecule has 0 saturated carbocycles. The fourth-order valence-corrected chi connectivity index (χ4v) is 5.17. The average Bonchev–Trinajstić information content (AvgIpc) is 3.53. The highest BCUT2D eigenvalue weighted by molar-refractivity contribution is 6.00. The van der Waals surface area contributed by atoms with Crippen molar-refractivity contribution >= 4 is 17.5 Å². The van der Waals surface area contributed by atoms with E-state index in [1.165, 1.54) is 12.7 Å². The lowest BCUT2D eigenvalue weighted by atomic mass is 9.93. The van der Waals surface area contributed by atoms with Crippen molar-refractivity contribution in [1.29, 1.82) is 0 Å². The fourth-order valence-electron chi connectivity index (χ4n) is 5.17. The number of nitrogens with zero attached hydrogens (tertiary/aromatic N) is 4. The number of carbonyl (C=O) groups excluding carboxylic acids is 2. The van der Waals surface area contributed by atoms with Gasteiger partial charge in [0.1, 0.15) is 11.9 Å². The maximum atomic E-state index is 13.6. The SMILES string of the molecule is O=C(Nc1cccc(-c2nnc3n2CCCCC3)c1)C1Cc2ccccc2CN1C(=O)c1ccco1. The van der Waals surface area contributed by atoms with Gasteiger partial charge in [-0.05, 0) is 48.2 Å². The van der Waals surface area contributed by atoms with E-state index in [4.69, 9.17) is 4.42 Å². The Balaban J connectivity index is 1.27. The third kappa shape index (κ3) is 4.19. The van der Waals surface area contributed by atoms with Crippen molar-refractivity contribution in [2.45, 2.75) is 51.2 Å². The number of nitrogens with one attached hydrogen (secondary N) is 1. The number of anilines is 1. The second-order valence-electron chi connectivity index (χ2n) is 9.37. The van der Waals surface area contributed by atoms with Gasteiger partial charge >= 0.3 is 0 Å². The first kappa shape index (κ1) is 22.3. The normalized spacial score (nSPS) is 17.1. The number of rotatable bonds is 4. The van der Waals surface area contributed by atoms with Crippen LogP contribution < -0.4 is 5.32 Å². The van der Waals surface area contributed by atoms with Crippen LogP contribution in [0.15, 0.2) is 71.3 Å². The predicted octanol–water partition coefficient (Wildman–Crippen LogP) is 4.47. The molecule has 0 bridgehead atoms. The molecule has 2 aromatic heterocycles. The number of amides is 2. The lowest BCUT2D eigenvalue weighted by Crippen LogP contribution is -2.50. The number of carbonyl (C=O) groups is 2. The van der Waals surface area contributed by atoms with Crippen molar-refractivity contribution in [3.63, 3.8) is 0 Å². The number of fused-ring (bicyclic) bond motifs is 2. The Bertz CT molecular complexity index is 1410. The van der Waals surface area contributed by atoms with E-state index in [1.54, 1.807) is 17.0 Å². The van der Waals surface area contributed by atoms with Crippen molar-refractivity contribution in [2.24, 2.45) is 0 Å². The summed E-state index contributed by atoms with van der Waals surface area (Å²) in [5.41, 5.74) is 3.68. The quantitative estimate of drug-likeness (QED) is 0.464. The molecule has 8 nitrogen and oxygen atoms in total. The molecule has 2 aromatic carbocycles. The van der Waals surface area contributed by atoms with E-state index in [0.717, 1.165) is 54.1 Å². The topological polar surface area (TPSA) is 93.3 Å². The first-order valence-electron chi connectivity index (χ1n) is 12.4. The summed E-state index contributed by atoms with van der Waals surface area (Å²) in [6.07, 6.45) is 6.27. The summed E-state index contributed by atoms with van der Waals surface area (Å²) in [6.45, 7) is 1.25. The van der Waals surface area contributed by atoms with E-state index in [9.17, 15) is 9.59 Å². The predicted molar refractivity (Wildman–Crippen MR) is 134 cm³/mol. The second-order valence-corrected chi connectivity index (χ2v) is 9.37. The van der Waals surface area contributed by atoms with E-state index in [2.05, 4.69) is 20.1 Å². The largest absolute Gasteiger partial charge is 0.459 e. The lowest BCUT2D eigenvalue weighted by molar-refractivity contribution is -0.121. The van der Waals surface area contributed by atoms with Crippen molar-refractivity contribution in [1.82, 2.24) is 19.7 Å². The molecule has 0 saturated heterocycles. The van der Waals surface area contributed by atoms with Gasteiger partial charge in [-0.25, -0.2) is 0 Å². The Labute approximate surface area is 208 Å². The van der Waals surface area contributed by atoms with Crippen LogP contribution in [0.3, 0.4) is 0 Å². The monoisotopic (exact) mass is 481 g/mol. The molecule has 4 heterocycles. The van der Waals surface area contributed by atoms with Gasteiger partial charge in [-0.1, -0.05) is 42.8 Å². The van der Waals surface area contributed by atoms with Gasteiger partial charge in [0.25, 0.3) is 5.91 Å². The molecule has 4 aromatic rings. The molecule has 182 valence electrons. The minimum atomic E-state index is -0.662. The van der Waals surface area contributed by atoms with Crippen molar-refractivity contribution < 1.29 is 14.0 Å². The standard InChI is InChI=1S/C28H27N5O3/c34-27(23-17-19-8-3-4-9-21(19)18-33(23)28(35)24-12-7-15-36-24)29-22-11-6-10-20(16-22)26-31-30-25-13-2-1-5-14-32(25)26/h3-4,6-12,15-16,23H,1-2,5,13-14,17-18H2,(H,29,34). The third-order valence-corrected chi connectivity index (χ3v) is 7.04. The van der Waals surface area contributed by atoms with Gasteiger partial charge < -0.3 is 19.2 Å². The van der Waals surface area contributed by atoms with Gasteiger partial charge in [0, 0.05) is 37.2 Å². The molecular weight excluding hydrogens is 454 g/mol. The van der Waals surface area contributed by atoms with Gasteiger partial charge in [0.15, 0.2) is 11.6 Å². The van der Waals surface area contributed by atoms with Crippen LogP contribution in [0, 0.1) is 0 Å². The van der Waals surface area contributed by atoms with Gasteiger partial charge in [0.2, 0.25) is 5.91 Å². The minimum Gasteiger partial charge on any atom is -0.459 e. The number of benzene rings is 2. The molecule has 8 heteroatoms. The second kappa shape index (κ2) is 9.45. The number of aromatic nitrogens is 3. The van der Waals surface area contributed by atoms with E-state index in [1.807, 2.05) is 48.5 Å². The molecule has 0 radical (unpaired) electrons. The maximum Gasteiger partial charge on any atom is 0.290 e. The molecule has 1 atom stereocenters. The zero-order valence-corrected chi connectivity index (χ0v) is 19.9. The zero-order valence-electron chi connectivity index (χ0n) is 19.9. The third-order valence-electron chi connectivity index (χ3n) is 7.04. The Hall–Kier alpha value is -4.20. The van der Waals surface area contributed by atoms with Crippen LogP contribution in [0.4, 0.5) is 5.69 Å². The molecule has 2 aliphatic heterocycles. The van der Waals surface area contributed by atoms with Crippen LogP contribution in [-0.4, -0.2) is 37.5 Å². The number of aryl methyl sites for hydroxylation is 1. The van der Waals surface area contributed by atoms with Crippen molar-refractivity contribution in [3.05, 3.63) is 89.6 Å². The molecule has 1 N–H and O–H groups in total. The number of furan rings is 1.